The Kier molecular flexibility index (Phi) is 8.04. The van der Waals surface area contributed by atoms with Gasteiger partial charge in [-0.1, -0.05) is 71.4 Å². The standard InChI is InChI=1S/C30H25BrN2O3/c1-3-20-9-12-26(13-10-20)33-30(34)25(18-32)15-24-16-28(35-2)29(17-27(24)31)36-19-21-8-11-22-6-4-5-7-23(22)14-21/h4-17H,3,19H2,1-2H3,(H,33,34)/b25-15+. The number of anilines is 1. The molecular formula is C30H25BrN2O3. The minimum atomic E-state index is -0.482. The zero-order valence-electron chi connectivity index (χ0n) is 20.0. The van der Waals surface area contributed by atoms with Crippen molar-refractivity contribution >= 4 is 44.4 Å². The van der Waals surface area contributed by atoms with Crippen LogP contribution >= 0.6 is 15.9 Å². The second kappa shape index (κ2) is 11.6. The largest absolute Gasteiger partial charge is 0.493 e. The molecule has 0 unspecified atom stereocenters. The molecule has 6 heteroatoms. The molecule has 0 aromatic heterocycles. The lowest BCUT2D eigenvalue weighted by Crippen LogP contribution is -2.13. The Morgan fingerprint density at radius 3 is 2.39 bits per heavy atom. The lowest BCUT2D eigenvalue weighted by Gasteiger charge is -2.13. The first-order chi connectivity index (χ1) is 17.5. The van der Waals surface area contributed by atoms with Crippen molar-refractivity contribution in [3.63, 3.8) is 0 Å². The highest BCUT2D eigenvalue weighted by Crippen LogP contribution is 2.35. The average molecular weight is 541 g/mol. The van der Waals surface area contributed by atoms with Crippen molar-refractivity contribution in [3.05, 3.63) is 106 Å². The second-order valence-corrected chi connectivity index (χ2v) is 9.02. The predicted octanol–water partition coefficient (Wildman–Crippen LogP) is 7.30. The Hall–Kier alpha value is -4.08. The molecule has 0 atom stereocenters. The maximum Gasteiger partial charge on any atom is 0.266 e. The summed E-state index contributed by atoms with van der Waals surface area (Å²) in [6, 6.07) is 27.4. The van der Waals surface area contributed by atoms with E-state index >= 15 is 0 Å². The number of nitriles is 1. The van der Waals surface area contributed by atoms with Crippen LogP contribution in [0.15, 0.2) is 88.9 Å². The molecule has 0 fully saturated rings. The number of aryl methyl sites for hydroxylation is 1. The van der Waals surface area contributed by atoms with E-state index in [1.54, 1.807) is 19.2 Å². The normalized spacial score (nSPS) is 11.1. The van der Waals surface area contributed by atoms with Crippen LogP contribution in [0.2, 0.25) is 0 Å². The van der Waals surface area contributed by atoms with Crippen LogP contribution in [0, 0.1) is 11.3 Å². The zero-order chi connectivity index (χ0) is 25.5. The molecule has 5 nitrogen and oxygen atoms in total. The fourth-order valence-corrected chi connectivity index (χ4v) is 4.19. The minimum Gasteiger partial charge on any atom is -0.493 e. The maximum atomic E-state index is 12.7. The predicted molar refractivity (Wildman–Crippen MR) is 147 cm³/mol. The summed E-state index contributed by atoms with van der Waals surface area (Å²) in [4.78, 5) is 12.7. The van der Waals surface area contributed by atoms with Crippen molar-refractivity contribution in [2.24, 2.45) is 0 Å². The van der Waals surface area contributed by atoms with Gasteiger partial charge in [0.25, 0.3) is 5.91 Å². The number of benzene rings is 4. The van der Waals surface area contributed by atoms with Crippen molar-refractivity contribution in [2.45, 2.75) is 20.0 Å². The van der Waals surface area contributed by atoms with Gasteiger partial charge in [0, 0.05) is 10.2 Å². The van der Waals surface area contributed by atoms with Crippen LogP contribution in [0.25, 0.3) is 16.8 Å². The van der Waals surface area contributed by atoms with E-state index in [2.05, 4.69) is 52.4 Å². The first-order valence-corrected chi connectivity index (χ1v) is 12.3. The highest BCUT2D eigenvalue weighted by atomic mass is 79.9. The number of hydrogen-bond acceptors (Lipinski definition) is 4. The molecule has 1 amide bonds. The molecule has 36 heavy (non-hydrogen) atoms. The lowest BCUT2D eigenvalue weighted by atomic mass is 10.1. The highest BCUT2D eigenvalue weighted by Gasteiger charge is 2.14. The van der Waals surface area contributed by atoms with E-state index in [0.29, 0.717) is 33.8 Å². The Morgan fingerprint density at radius 1 is 0.972 bits per heavy atom. The van der Waals surface area contributed by atoms with Crippen molar-refractivity contribution in [1.29, 1.82) is 5.26 Å². The summed E-state index contributed by atoms with van der Waals surface area (Å²) < 4.78 is 12.3. The van der Waals surface area contributed by atoms with Gasteiger partial charge in [-0.2, -0.15) is 5.26 Å². The second-order valence-electron chi connectivity index (χ2n) is 8.17. The highest BCUT2D eigenvalue weighted by molar-refractivity contribution is 9.10. The first-order valence-electron chi connectivity index (χ1n) is 11.5. The maximum absolute atomic E-state index is 12.7. The third-order valence-corrected chi connectivity index (χ3v) is 6.46. The summed E-state index contributed by atoms with van der Waals surface area (Å²) in [5.41, 5.74) is 3.43. The van der Waals surface area contributed by atoms with E-state index < -0.39 is 5.91 Å². The quantitative estimate of drug-likeness (QED) is 0.188. The van der Waals surface area contributed by atoms with Gasteiger partial charge in [0.2, 0.25) is 0 Å². The van der Waals surface area contributed by atoms with Gasteiger partial charge in [-0.05, 0) is 70.3 Å². The number of nitrogens with one attached hydrogen (secondary N) is 1. The van der Waals surface area contributed by atoms with E-state index in [1.165, 1.54) is 17.0 Å². The Balaban J connectivity index is 1.52. The molecule has 4 rings (SSSR count). The van der Waals surface area contributed by atoms with Crippen LogP contribution < -0.4 is 14.8 Å². The molecule has 1 N–H and O–H groups in total. The first kappa shape index (κ1) is 25.0. The summed E-state index contributed by atoms with van der Waals surface area (Å²) in [6.45, 7) is 2.43. The van der Waals surface area contributed by atoms with Crippen molar-refractivity contribution in [3.8, 4) is 17.6 Å². The molecule has 0 saturated heterocycles. The van der Waals surface area contributed by atoms with E-state index in [0.717, 1.165) is 17.4 Å². The third kappa shape index (κ3) is 5.94. The van der Waals surface area contributed by atoms with Gasteiger partial charge in [0.05, 0.1) is 7.11 Å². The molecule has 0 bridgehead atoms. The number of fused-ring (bicyclic) bond motifs is 1. The van der Waals surface area contributed by atoms with Crippen molar-refractivity contribution in [1.82, 2.24) is 0 Å². The number of nitrogens with zero attached hydrogens (tertiary/aromatic N) is 1. The van der Waals surface area contributed by atoms with E-state index in [1.807, 2.05) is 48.5 Å². The van der Waals surface area contributed by atoms with Gasteiger partial charge in [0.1, 0.15) is 18.2 Å². The molecule has 0 aliphatic rings. The summed E-state index contributed by atoms with van der Waals surface area (Å²) in [6.07, 6.45) is 2.44. The number of carbonyl (C=O) groups excluding carboxylic acids is 1. The third-order valence-electron chi connectivity index (χ3n) is 5.78. The Morgan fingerprint density at radius 2 is 1.69 bits per heavy atom. The van der Waals surface area contributed by atoms with Gasteiger partial charge in [-0.3, -0.25) is 4.79 Å². The summed E-state index contributed by atoms with van der Waals surface area (Å²) in [5.74, 6) is 0.566. The van der Waals surface area contributed by atoms with Crippen LogP contribution in [0.1, 0.15) is 23.6 Å². The molecule has 0 spiro atoms. The molecule has 4 aromatic rings. The molecule has 4 aromatic carbocycles. The number of hydrogen-bond donors (Lipinski definition) is 1. The molecule has 0 radical (unpaired) electrons. The van der Waals surface area contributed by atoms with Crippen LogP contribution in [-0.2, 0) is 17.8 Å². The molecule has 0 aliphatic carbocycles. The van der Waals surface area contributed by atoms with Crippen LogP contribution in [0.3, 0.4) is 0 Å². The number of methoxy groups -OCH3 is 1. The molecule has 0 heterocycles. The number of ether oxygens (including phenoxy) is 2. The molecular weight excluding hydrogens is 516 g/mol. The monoisotopic (exact) mass is 540 g/mol. The SMILES string of the molecule is CCc1ccc(NC(=O)/C(C#N)=C/c2cc(OC)c(OCc3ccc4ccccc4c3)cc2Br)cc1. The number of carbonyl (C=O) groups is 1. The summed E-state index contributed by atoms with van der Waals surface area (Å²) in [7, 11) is 1.55. The number of amides is 1. The zero-order valence-corrected chi connectivity index (χ0v) is 21.6. The van der Waals surface area contributed by atoms with Gasteiger partial charge in [-0.25, -0.2) is 0 Å². The number of halogens is 1. The van der Waals surface area contributed by atoms with E-state index in [9.17, 15) is 10.1 Å². The van der Waals surface area contributed by atoms with Gasteiger partial charge >= 0.3 is 0 Å². The molecule has 0 aliphatic heterocycles. The van der Waals surface area contributed by atoms with Gasteiger partial charge in [0.15, 0.2) is 11.5 Å². The lowest BCUT2D eigenvalue weighted by molar-refractivity contribution is -0.112. The fourth-order valence-electron chi connectivity index (χ4n) is 3.75. The topological polar surface area (TPSA) is 71.4 Å². The number of rotatable bonds is 8. The Labute approximate surface area is 219 Å². The summed E-state index contributed by atoms with van der Waals surface area (Å²) >= 11 is 3.54. The van der Waals surface area contributed by atoms with Crippen LogP contribution in [-0.4, -0.2) is 13.0 Å². The van der Waals surface area contributed by atoms with E-state index in [-0.39, 0.29) is 5.57 Å². The average Bonchev–Trinajstić information content (AvgIpc) is 2.91. The smallest absolute Gasteiger partial charge is 0.266 e. The molecule has 0 saturated carbocycles. The Bertz CT molecular complexity index is 1470. The van der Waals surface area contributed by atoms with Crippen LogP contribution in [0.5, 0.6) is 11.5 Å². The minimum absolute atomic E-state index is 0.0258. The van der Waals surface area contributed by atoms with E-state index in [4.69, 9.17) is 9.47 Å². The van der Waals surface area contributed by atoms with Crippen molar-refractivity contribution in [2.75, 3.05) is 12.4 Å². The van der Waals surface area contributed by atoms with Gasteiger partial charge in [-0.15, -0.1) is 0 Å². The fraction of sp³-hybridized carbons (Fsp3) is 0.133. The van der Waals surface area contributed by atoms with Crippen LogP contribution in [0.4, 0.5) is 5.69 Å². The summed E-state index contributed by atoms with van der Waals surface area (Å²) in [5, 5.41) is 14.7. The molecule has 180 valence electrons. The van der Waals surface area contributed by atoms with Crippen molar-refractivity contribution < 1.29 is 14.3 Å². The van der Waals surface area contributed by atoms with Gasteiger partial charge < -0.3 is 14.8 Å².